The van der Waals surface area contributed by atoms with Crippen LogP contribution in [0.2, 0.25) is 0 Å². The van der Waals surface area contributed by atoms with Gasteiger partial charge in [0.05, 0.1) is 12.2 Å². The summed E-state index contributed by atoms with van der Waals surface area (Å²) >= 11 is 1.03. The maximum absolute atomic E-state index is 15.0. The summed E-state index contributed by atoms with van der Waals surface area (Å²) in [5.41, 5.74) is 4.04. The van der Waals surface area contributed by atoms with Gasteiger partial charge in [-0.3, -0.25) is 4.79 Å². The Balaban J connectivity index is 2.09. The zero-order valence-corrected chi connectivity index (χ0v) is 18.9. The van der Waals surface area contributed by atoms with Gasteiger partial charge in [-0.25, -0.2) is 23.1 Å². The van der Waals surface area contributed by atoms with E-state index in [9.17, 15) is 23.1 Å². The van der Waals surface area contributed by atoms with E-state index in [1.54, 1.807) is 20.8 Å². The molecule has 0 saturated heterocycles. The van der Waals surface area contributed by atoms with Gasteiger partial charge in [-0.05, 0) is 31.5 Å². The van der Waals surface area contributed by atoms with Gasteiger partial charge in [0.15, 0.2) is 16.8 Å². The summed E-state index contributed by atoms with van der Waals surface area (Å²) in [4.78, 5) is 20.8. The van der Waals surface area contributed by atoms with E-state index in [2.05, 4.69) is 15.3 Å². The average Bonchev–Trinajstić information content (AvgIpc) is 2.78. The number of nitrogens with zero attached hydrogens (tertiary/aromatic N) is 3. The summed E-state index contributed by atoms with van der Waals surface area (Å²) in [5.74, 6) is -4.16. The van der Waals surface area contributed by atoms with Crippen LogP contribution >= 0.6 is 11.8 Å². The number of amidine groups is 1. The third-order valence-corrected chi connectivity index (χ3v) is 7.22. The van der Waals surface area contributed by atoms with Gasteiger partial charge in [-0.15, -0.1) is 0 Å². The Labute approximate surface area is 192 Å². The number of nitriles is 1. The lowest BCUT2D eigenvalue weighted by Crippen LogP contribution is -2.53. The van der Waals surface area contributed by atoms with Crippen molar-refractivity contribution in [3.63, 3.8) is 0 Å². The van der Waals surface area contributed by atoms with Crippen LogP contribution in [0.25, 0.3) is 0 Å². The molecule has 11 heteroatoms. The molecular formula is C22H22F3N5O2S. The number of aliphatic hydroxyl groups excluding tert-OH is 1. The predicted molar refractivity (Wildman–Crippen MR) is 120 cm³/mol. The Morgan fingerprint density at radius 1 is 1.39 bits per heavy atom. The van der Waals surface area contributed by atoms with Crippen LogP contribution in [0.3, 0.4) is 0 Å². The van der Waals surface area contributed by atoms with E-state index in [0.29, 0.717) is 5.56 Å². The lowest BCUT2D eigenvalue weighted by molar-refractivity contribution is 0.102. The number of hydrogen-bond acceptors (Lipinski definition) is 7. The number of aliphatic hydroxyl groups is 1. The number of aliphatic imine (C=N–C) groups is 1. The number of nitrogens with two attached hydrogens (primary N) is 1. The van der Waals surface area contributed by atoms with E-state index in [4.69, 9.17) is 11.0 Å². The van der Waals surface area contributed by atoms with Gasteiger partial charge in [-0.2, -0.15) is 5.26 Å². The monoisotopic (exact) mass is 477 g/mol. The third-order valence-electron chi connectivity index (χ3n) is 5.97. The molecule has 1 aliphatic heterocycles. The zero-order valence-electron chi connectivity index (χ0n) is 18.1. The smallest absolute Gasteiger partial charge is 0.274 e. The fourth-order valence-corrected chi connectivity index (χ4v) is 4.99. The number of amides is 1. The summed E-state index contributed by atoms with van der Waals surface area (Å²) in [5, 5.41) is 21.2. The predicted octanol–water partition coefficient (Wildman–Crippen LogP) is 3.41. The van der Waals surface area contributed by atoms with E-state index < -0.39 is 52.6 Å². The standard InChI is InChI=1S/C22H22F3N5O2S/c1-11-4-13(7-26)8-28-18(11)19(32)29-14-5-15(17(25)16(24)6-14)22(9-23)12(2)21(3,10-31)33-20(27)30-22/h4-6,8,12,31H,9-10H2,1-3H3,(H2,27,30)(H,29,32)/t12-,21-,22+/m1/s1. The molecule has 3 rings (SSSR count). The number of anilines is 1. The van der Waals surface area contributed by atoms with Crippen molar-refractivity contribution in [3.8, 4) is 6.07 Å². The van der Waals surface area contributed by atoms with E-state index >= 15 is 0 Å². The third kappa shape index (κ3) is 4.28. The first-order valence-electron chi connectivity index (χ1n) is 9.90. The number of carbonyl (C=O) groups is 1. The zero-order chi connectivity index (χ0) is 24.6. The number of thioether (sulfide) groups is 1. The molecule has 1 amide bonds. The number of rotatable bonds is 5. The van der Waals surface area contributed by atoms with Crippen LogP contribution < -0.4 is 11.1 Å². The molecule has 0 fully saturated rings. The van der Waals surface area contributed by atoms with Crippen LogP contribution in [-0.4, -0.2) is 39.2 Å². The van der Waals surface area contributed by atoms with Gasteiger partial charge >= 0.3 is 0 Å². The maximum atomic E-state index is 15.0. The Morgan fingerprint density at radius 3 is 2.67 bits per heavy atom. The average molecular weight is 478 g/mol. The fraction of sp³-hybridized carbons (Fsp3) is 0.364. The lowest BCUT2D eigenvalue weighted by atomic mass is 9.73. The summed E-state index contributed by atoms with van der Waals surface area (Å²) in [6.07, 6.45) is 1.21. The normalized spacial score (nSPS) is 24.7. The molecule has 0 unspecified atom stereocenters. The number of pyridine rings is 1. The van der Waals surface area contributed by atoms with Crippen molar-refractivity contribution in [1.29, 1.82) is 5.26 Å². The Kier molecular flexibility index (Phi) is 6.72. The molecule has 0 bridgehead atoms. The quantitative estimate of drug-likeness (QED) is 0.606. The first kappa shape index (κ1) is 24.5. The molecular weight excluding hydrogens is 455 g/mol. The van der Waals surface area contributed by atoms with Crippen LogP contribution in [0.4, 0.5) is 18.9 Å². The first-order valence-corrected chi connectivity index (χ1v) is 10.7. The second-order valence-electron chi connectivity index (χ2n) is 8.08. The minimum absolute atomic E-state index is 0.0157. The van der Waals surface area contributed by atoms with Gasteiger partial charge in [0.1, 0.15) is 24.0 Å². The Morgan fingerprint density at radius 2 is 2.09 bits per heavy atom. The molecule has 2 heterocycles. The van der Waals surface area contributed by atoms with Crippen molar-refractivity contribution in [1.82, 2.24) is 4.98 Å². The minimum Gasteiger partial charge on any atom is -0.395 e. The maximum Gasteiger partial charge on any atom is 0.274 e. The Bertz CT molecular complexity index is 1190. The lowest BCUT2D eigenvalue weighted by Gasteiger charge is -2.47. The molecule has 3 atom stereocenters. The molecule has 0 saturated carbocycles. The molecule has 7 nitrogen and oxygen atoms in total. The van der Waals surface area contributed by atoms with Crippen molar-refractivity contribution in [2.45, 2.75) is 31.1 Å². The highest BCUT2D eigenvalue weighted by Crippen LogP contribution is 2.51. The second kappa shape index (κ2) is 9.03. The molecule has 33 heavy (non-hydrogen) atoms. The summed E-state index contributed by atoms with van der Waals surface area (Å²) < 4.78 is 43.1. The van der Waals surface area contributed by atoms with E-state index in [1.807, 2.05) is 6.07 Å². The number of aryl methyl sites for hydroxylation is 1. The van der Waals surface area contributed by atoms with Gasteiger partial charge in [0.25, 0.3) is 5.91 Å². The fourth-order valence-electron chi connectivity index (χ4n) is 3.87. The van der Waals surface area contributed by atoms with E-state index in [1.165, 1.54) is 12.3 Å². The number of aromatic nitrogens is 1. The van der Waals surface area contributed by atoms with Crippen LogP contribution in [-0.2, 0) is 5.54 Å². The molecule has 1 aliphatic rings. The summed E-state index contributed by atoms with van der Waals surface area (Å²) in [7, 11) is 0. The number of benzene rings is 1. The van der Waals surface area contributed by atoms with Crippen LogP contribution in [0, 0.1) is 35.8 Å². The van der Waals surface area contributed by atoms with Crippen LogP contribution in [0.1, 0.15) is 41.0 Å². The molecule has 0 spiro atoms. The van der Waals surface area contributed by atoms with Crippen LogP contribution in [0.5, 0.6) is 0 Å². The summed E-state index contributed by atoms with van der Waals surface area (Å²) in [6, 6.07) is 5.24. The number of halogens is 3. The Hall–Kier alpha value is -3.10. The van der Waals surface area contributed by atoms with Gasteiger partial charge in [-0.1, -0.05) is 18.7 Å². The number of hydrogen-bond donors (Lipinski definition) is 3. The van der Waals surface area contributed by atoms with Crippen molar-refractivity contribution < 1.29 is 23.1 Å². The number of carbonyl (C=O) groups excluding carboxylic acids is 1. The molecule has 1 aromatic carbocycles. The molecule has 0 radical (unpaired) electrons. The summed E-state index contributed by atoms with van der Waals surface area (Å²) in [6.45, 7) is 3.17. The van der Waals surface area contributed by atoms with Crippen molar-refractivity contribution in [2.24, 2.45) is 16.6 Å². The van der Waals surface area contributed by atoms with Crippen molar-refractivity contribution in [3.05, 3.63) is 58.4 Å². The molecule has 1 aromatic heterocycles. The van der Waals surface area contributed by atoms with Crippen molar-refractivity contribution in [2.75, 3.05) is 18.6 Å². The van der Waals surface area contributed by atoms with Crippen molar-refractivity contribution >= 4 is 28.5 Å². The minimum atomic E-state index is -1.92. The highest BCUT2D eigenvalue weighted by molar-refractivity contribution is 8.15. The highest BCUT2D eigenvalue weighted by Gasteiger charge is 2.53. The van der Waals surface area contributed by atoms with Gasteiger partial charge < -0.3 is 16.2 Å². The largest absolute Gasteiger partial charge is 0.395 e. The topological polar surface area (TPSA) is 124 Å². The first-order chi connectivity index (χ1) is 15.5. The van der Waals surface area contributed by atoms with Crippen LogP contribution in [0.15, 0.2) is 29.4 Å². The second-order valence-corrected chi connectivity index (χ2v) is 9.63. The van der Waals surface area contributed by atoms with Gasteiger partial charge in [0.2, 0.25) is 0 Å². The highest BCUT2D eigenvalue weighted by atomic mass is 32.2. The number of alkyl halides is 1. The molecule has 174 valence electrons. The molecule has 0 aliphatic carbocycles. The van der Waals surface area contributed by atoms with E-state index in [0.717, 1.165) is 23.9 Å². The van der Waals surface area contributed by atoms with E-state index in [-0.39, 0.29) is 22.1 Å². The van der Waals surface area contributed by atoms with Gasteiger partial charge in [0, 0.05) is 34.2 Å². The molecule has 4 N–H and O–H groups in total. The molecule has 2 aromatic rings. The SMILES string of the molecule is Cc1cc(C#N)cnc1C(=O)Nc1cc(F)c(F)c([C@@]2(CF)N=C(N)S[C@](C)(CO)[C@H]2C)c1. The number of nitrogens with one attached hydrogen (secondary N) is 1.